The van der Waals surface area contributed by atoms with Crippen LogP contribution in [0.4, 0.5) is 21.7 Å². The number of hydrogen-bond acceptors (Lipinski definition) is 4. The molecule has 2 N–H and O–H groups in total. The lowest BCUT2D eigenvalue weighted by atomic mass is 10.2. The second-order valence-corrected chi connectivity index (χ2v) is 5.75. The smallest absolute Gasteiger partial charge is 0.274 e. The number of amides is 1. The summed E-state index contributed by atoms with van der Waals surface area (Å²) in [6, 6.07) is 12.5. The fourth-order valence-electron chi connectivity index (χ4n) is 2.16. The molecule has 1 amide bonds. The predicted octanol–water partition coefficient (Wildman–Crippen LogP) is 4.57. The number of rotatable bonds is 4. The van der Waals surface area contributed by atoms with E-state index in [9.17, 15) is 9.18 Å². The minimum atomic E-state index is -0.366. The Morgan fingerprint density at radius 3 is 2.60 bits per heavy atom. The lowest BCUT2D eigenvalue weighted by molar-refractivity contribution is 0.102. The Hall–Kier alpha value is -2.99. The van der Waals surface area contributed by atoms with Gasteiger partial charge in [-0.2, -0.15) is 0 Å². The molecule has 0 saturated heterocycles. The van der Waals surface area contributed by atoms with Gasteiger partial charge in [-0.3, -0.25) is 4.79 Å². The van der Waals surface area contributed by atoms with E-state index in [1.54, 1.807) is 30.3 Å². The summed E-state index contributed by atoms with van der Waals surface area (Å²) in [5.74, 6) is -0.458. The molecule has 25 heavy (non-hydrogen) atoms. The highest BCUT2D eigenvalue weighted by atomic mass is 35.5. The second-order valence-electron chi connectivity index (χ2n) is 5.31. The van der Waals surface area contributed by atoms with Crippen LogP contribution in [0.15, 0.2) is 54.7 Å². The van der Waals surface area contributed by atoms with Gasteiger partial charge >= 0.3 is 0 Å². The maximum atomic E-state index is 12.9. The average molecular weight is 357 g/mol. The Kier molecular flexibility index (Phi) is 4.90. The molecular formula is C18H14ClFN4O. The average Bonchev–Trinajstić information content (AvgIpc) is 2.60. The second kappa shape index (κ2) is 7.27. The molecule has 5 nitrogen and oxygen atoms in total. The van der Waals surface area contributed by atoms with E-state index < -0.39 is 0 Å². The van der Waals surface area contributed by atoms with Gasteiger partial charge in [0.15, 0.2) is 0 Å². The van der Waals surface area contributed by atoms with Gasteiger partial charge in [0, 0.05) is 22.6 Å². The molecular weight excluding hydrogens is 343 g/mol. The summed E-state index contributed by atoms with van der Waals surface area (Å²) in [6.45, 7) is 1.85. The number of carbonyl (C=O) groups is 1. The van der Waals surface area contributed by atoms with Crippen molar-refractivity contribution in [1.29, 1.82) is 0 Å². The minimum Gasteiger partial charge on any atom is -0.324 e. The SMILES string of the molecule is Cc1cc(Cl)ccc1NC(=O)c1ccnc(Nc2ccc(F)cc2)n1. The largest absolute Gasteiger partial charge is 0.324 e. The van der Waals surface area contributed by atoms with Crippen molar-refractivity contribution < 1.29 is 9.18 Å². The van der Waals surface area contributed by atoms with Crippen molar-refractivity contribution in [2.45, 2.75) is 6.92 Å². The first-order chi connectivity index (χ1) is 12.0. The van der Waals surface area contributed by atoms with E-state index >= 15 is 0 Å². The maximum absolute atomic E-state index is 12.9. The lowest BCUT2D eigenvalue weighted by Gasteiger charge is -2.09. The van der Waals surface area contributed by atoms with Gasteiger partial charge in [0.25, 0.3) is 5.91 Å². The highest BCUT2D eigenvalue weighted by Crippen LogP contribution is 2.20. The van der Waals surface area contributed by atoms with Crippen molar-refractivity contribution in [3.05, 3.63) is 76.8 Å². The van der Waals surface area contributed by atoms with Crippen molar-refractivity contribution in [1.82, 2.24) is 9.97 Å². The van der Waals surface area contributed by atoms with E-state index in [4.69, 9.17) is 11.6 Å². The van der Waals surface area contributed by atoms with E-state index in [0.717, 1.165) is 5.56 Å². The van der Waals surface area contributed by atoms with Gasteiger partial charge in [0.2, 0.25) is 5.95 Å². The van der Waals surface area contributed by atoms with Gasteiger partial charge in [-0.25, -0.2) is 14.4 Å². The van der Waals surface area contributed by atoms with Crippen LogP contribution in [0.1, 0.15) is 16.1 Å². The number of carbonyl (C=O) groups excluding carboxylic acids is 1. The predicted molar refractivity (Wildman–Crippen MR) is 95.9 cm³/mol. The summed E-state index contributed by atoms with van der Waals surface area (Å²) >= 11 is 5.91. The normalized spacial score (nSPS) is 10.4. The Bertz CT molecular complexity index is 915. The summed E-state index contributed by atoms with van der Waals surface area (Å²) < 4.78 is 12.9. The topological polar surface area (TPSA) is 66.9 Å². The van der Waals surface area contributed by atoms with Crippen LogP contribution in [0.3, 0.4) is 0 Å². The molecule has 0 saturated carbocycles. The van der Waals surface area contributed by atoms with Crippen molar-refractivity contribution in [2.24, 2.45) is 0 Å². The lowest BCUT2D eigenvalue weighted by Crippen LogP contribution is -2.15. The van der Waals surface area contributed by atoms with Crippen LogP contribution in [0.5, 0.6) is 0 Å². The molecule has 0 aliphatic heterocycles. The van der Waals surface area contributed by atoms with Gasteiger partial charge in [-0.05, 0) is 61.0 Å². The fraction of sp³-hybridized carbons (Fsp3) is 0.0556. The third kappa shape index (κ3) is 4.30. The van der Waals surface area contributed by atoms with E-state index in [1.165, 1.54) is 24.4 Å². The molecule has 0 aliphatic carbocycles. The number of benzene rings is 2. The van der Waals surface area contributed by atoms with E-state index in [1.807, 2.05) is 6.92 Å². The van der Waals surface area contributed by atoms with Crippen molar-refractivity contribution in [3.63, 3.8) is 0 Å². The van der Waals surface area contributed by atoms with Crippen molar-refractivity contribution in [3.8, 4) is 0 Å². The molecule has 0 unspecified atom stereocenters. The monoisotopic (exact) mass is 356 g/mol. The number of aromatic nitrogens is 2. The zero-order valence-corrected chi connectivity index (χ0v) is 14.0. The Labute approximate surface area is 148 Å². The van der Waals surface area contributed by atoms with Crippen molar-refractivity contribution >= 4 is 34.8 Å². The van der Waals surface area contributed by atoms with Gasteiger partial charge in [-0.15, -0.1) is 0 Å². The first-order valence-electron chi connectivity index (χ1n) is 7.44. The molecule has 3 aromatic rings. The maximum Gasteiger partial charge on any atom is 0.274 e. The zero-order chi connectivity index (χ0) is 17.8. The van der Waals surface area contributed by atoms with Crippen LogP contribution in [0, 0.1) is 12.7 Å². The van der Waals surface area contributed by atoms with Crippen LogP contribution in [0.25, 0.3) is 0 Å². The Morgan fingerprint density at radius 1 is 1.12 bits per heavy atom. The van der Waals surface area contributed by atoms with Crippen LogP contribution in [-0.2, 0) is 0 Å². The molecule has 0 aliphatic rings. The van der Waals surface area contributed by atoms with Gasteiger partial charge in [0.05, 0.1) is 0 Å². The molecule has 3 rings (SSSR count). The molecule has 0 spiro atoms. The number of hydrogen-bond donors (Lipinski definition) is 2. The molecule has 1 aromatic heterocycles. The number of anilines is 3. The molecule has 0 fully saturated rings. The van der Waals surface area contributed by atoms with Crippen LogP contribution >= 0.6 is 11.6 Å². The molecule has 126 valence electrons. The molecule has 2 aromatic carbocycles. The summed E-state index contributed by atoms with van der Waals surface area (Å²) in [7, 11) is 0. The Balaban J connectivity index is 1.76. The summed E-state index contributed by atoms with van der Waals surface area (Å²) in [6.07, 6.45) is 1.47. The van der Waals surface area contributed by atoms with Gasteiger partial charge in [-0.1, -0.05) is 11.6 Å². The first-order valence-corrected chi connectivity index (χ1v) is 7.82. The Morgan fingerprint density at radius 2 is 1.88 bits per heavy atom. The molecule has 1 heterocycles. The van der Waals surface area contributed by atoms with Gasteiger partial charge < -0.3 is 10.6 Å². The summed E-state index contributed by atoms with van der Waals surface area (Å²) in [5.41, 5.74) is 2.32. The van der Waals surface area contributed by atoms with Crippen LogP contribution in [-0.4, -0.2) is 15.9 Å². The van der Waals surface area contributed by atoms with Crippen LogP contribution in [0.2, 0.25) is 5.02 Å². The zero-order valence-electron chi connectivity index (χ0n) is 13.3. The molecule has 0 atom stereocenters. The van der Waals surface area contributed by atoms with Crippen LogP contribution < -0.4 is 10.6 Å². The molecule has 7 heteroatoms. The summed E-state index contributed by atoms with van der Waals surface area (Å²) in [5, 5.41) is 6.31. The van der Waals surface area contributed by atoms with Crippen molar-refractivity contribution in [2.75, 3.05) is 10.6 Å². The highest BCUT2D eigenvalue weighted by Gasteiger charge is 2.11. The van der Waals surface area contributed by atoms with E-state index in [0.29, 0.717) is 16.4 Å². The number of nitrogens with one attached hydrogen (secondary N) is 2. The summed E-state index contributed by atoms with van der Waals surface area (Å²) in [4.78, 5) is 20.6. The first kappa shape index (κ1) is 16.9. The quantitative estimate of drug-likeness (QED) is 0.718. The fourth-order valence-corrected chi connectivity index (χ4v) is 2.39. The van der Waals surface area contributed by atoms with E-state index in [2.05, 4.69) is 20.6 Å². The standard InChI is InChI=1S/C18H14ClFN4O/c1-11-10-12(19)2-7-15(11)23-17(25)16-8-9-21-18(24-16)22-14-5-3-13(20)4-6-14/h2-10H,1H3,(H,23,25)(H,21,22,24). The van der Waals surface area contributed by atoms with Gasteiger partial charge in [0.1, 0.15) is 11.5 Å². The highest BCUT2D eigenvalue weighted by molar-refractivity contribution is 6.30. The minimum absolute atomic E-state index is 0.203. The number of halogens is 2. The number of nitrogens with zero attached hydrogens (tertiary/aromatic N) is 2. The third-order valence-electron chi connectivity index (χ3n) is 3.43. The molecule has 0 radical (unpaired) electrons. The third-order valence-corrected chi connectivity index (χ3v) is 3.66. The number of aryl methyl sites for hydroxylation is 1. The van der Waals surface area contributed by atoms with E-state index in [-0.39, 0.29) is 23.4 Å². The molecule has 0 bridgehead atoms.